The predicted molar refractivity (Wildman–Crippen MR) is 122 cm³/mol. The maximum Gasteiger partial charge on any atom is 0.191 e. The summed E-state index contributed by atoms with van der Waals surface area (Å²) in [7, 11) is 0.865. The van der Waals surface area contributed by atoms with Crippen LogP contribution in [0.15, 0.2) is 59.6 Å². The fraction of sp³-hybridized carbons (Fsp3) is 0.364. The van der Waals surface area contributed by atoms with Crippen LogP contribution in [0.1, 0.15) is 17.8 Å². The van der Waals surface area contributed by atoms with Crippen LogP contribution in [0.25, 0.3) is 11.0 Å². The number of hydrogen-bond donors (Lipinski definition) is 2. The Bertz CT molecular complexity index is 968. The Morgan fingerprint density at radius 3 is 2.59 bits per heavy atom. The lowest BCUT2D eigenvalue weighted by Gasteiger charge is -2.12. The fourth-order valence-corrected chi connectivity index (χ4v) is 4.30. The van der Waals surface area contributed by atoms with E-state index < -0.39 is 10.8 Å². The number of imidazole rings is 1. The molecule has 1 atom stereocenters. The minimum atomic E-state index is -0.889. The number of nitrogens with zero attached hydrogens (tertiary/aromatic N) is 3. The van der Waals surface area contributed by atoms with Gasteiger partial charge in [0.2, 0.25) is 0 Å². The third kappa shape index (κ3) is 6.15. The molecule has 29 heavy (non-hydrogen) atoms. The minimum Gasteiger partial charge on any atom is -0.356 e. The molecule has 0 saturated carbocycles. The quantitative estimate of drug-likeness (QED) is 0.323. The number of aryl methyl sites for hydroxylation is 2. The molecule has 0 bridgehead atoms. The molecule has 0 radical (unpaired) electrons. The van der Waals surface area contributed by atoms with Crippen LogP contribution in [0.4, 0.5) is 0 Å². The van der Waals surface area contributed by atoms with Gasteiger partial charge in [-0.15, -0.1) is 0 Å². The molecule has 0 aliphatic rings. The third-order valence-corrected chi connectivity index (χ3v) is 6.03. The topological polar surface area (TPSA) is 71.3 Å². The molecule has 0 aliphatic heterocycles. The average molecular weight is 412 g/mol. The van der Waals surface area contributed by atoms with Gasteiger partial charge in [-0.05, 0) is 31.0 Å². The van der Waals surface area contributed by atoms with Gasteiger partial charge in [0, 0.05) is 49.0 Å². The van der Waals surface area contributed by atoms with Crippen LogP contribution in [-0.2, 0) is 23.1 Å². The highest BCUT2D eigenvalue weighted by Gasteiger charge is 2.06. The Labute approximate surface area is 174 Å². The van der Waals surface area contributed by atoms with E-state index in [0.717, 1.165) is 42.4 Å². The van der Waals surface area contributed by atoms with Gasteiger partial charge in [0.1, 0.15) is 5.82 Å². The Balaban J connectivity index is 1.37. The van der Waals surface area contributed by atoms with Crippen molar-refractivity contribution in [2.45, 2.75) is 25.6 Å². The molecule has 0 amide bonds. The summed E-state index contributed by atoms with van der Waals surface area (Å²) in [5, 5.41) is 6.58. The van der Waals surface area contributed by atoms with Crippen LogP contribution in [0, 0.1) is 6.92 Å². The number of hydrogen-bond acceptors (Lipinski definition) is 3. The summed E-state index contributed by atoms with van der Waals surface area (Å²) in [4.78, 5) is 8.85. The standard InChI is InChI=1S/C22H29N5OS/c1-18-26-20-11-6-7-12-21(20)27(18)15-8-13-24-22(23-2)25-14-16-29(28)17-19-9-4-3-5-10-19/h3-7,9-12H,8,13-17H2,1-2H3,(H2,23,24,25). The van der Waals surface area contributed by atoms with Crippen molar-refractivity contribution in [2.75, 3.05) is 25.9 Å². The summed E-state index contributed by atoms with van der Waals surface area (Å²) in [6, 6.07) is 18.2. The van der Waals surface area contributed by atoms with Gasteiger partial charge in [-0.2, -0.15) is 0 Å². The van der Waals surface area contributed by atoms with E-state index in [9.17, 15) is 4.21 Å². The first-order chi connectivity index (χ1) is 14.2. The Kier molecular flexibility index (Phi) is 7.81. The molecule has 0 fully saturated rings. The third-order valence-electron chi connectivity index (χ3n) is 4.71. The molecule has 7 heteroatoms. The average Bonchev–Trinajstić information content (AvgIpc) is 3.05. The van der Waals surface area contributed by atoms with Crippen LogP contribution < -0.4 is 10.6 Å². The maximum atomic E-state index is 12.2. The second-order valence-corrected chi connectivity index (χ2v) is 8.43. The molecule has 3 rings (SSSR count). The Hall–Kier alpha value is -2.67. The maximum absolute atomic E-state index is 12.2. The van der Waals surface area contributed by atoms with E-state index in [2.05, 4.69) is 31.2 Å². The molecule has 0 aliphatic carbocycles. The van der Waals surface area contributed by atoms with Crippen molar-refractivity contribution in [3.05, 3.63) is 66.0 Å². The van der Waals surface area contributed by atoms with Crippen LogP contribution in [0.5, 0.6) is 0 Å². The largest absolute Gasteiger partial charge is 0.356 e. The molecule has 1 unspecified atom stereocenters. The number of benzene rings is 2. The summed E-state index contributed by atoms with van der Waals surface area (Å²) >= 11 is 0. The van der Waals surface area contributed by atoms with Crippen molar-refractivity contribution >= 4 is 27.8 Å². The van der Waals surface area contributed by atoms with Gasteiger partial charge in [0.25, 0.3) is 0 Å². The predicted octanol–water partition coefficient (Wildman–Crippen LogP) is 2.85. The zero-order chi connectivity index (χ0) is 20.5. The van der Waals surface area contributed by atoms with E-state index in [0.29, 0.717) is 18.1 Å². The molecule has 0 spiro atoms. The minimum absolute atomic E-state index is 0.590. The van der Waals surface area contributed by atoms with E-state index in [1.807, 2.05) is 55.5 Å². The molecule has 154 valence electrons. The Morgan fingerprint density at radius 2 is 1.79 bits per heavy atom. The first-order valence-electron chi connectivity index (χ1n) is 9.92. The second-order valence-electron chi connectivity index (χ2n) is 6.85. The van der Waals surface area contributed by atoms with Crippen molar-refractivity contribution in [1.29, 1.82) is 0 Å². The summed E-state index contributed by atoms with van der Waals surface area (Å²) < 4.78 is 14.5. The van der Waals surface area contributed by atoms with Crippen LogP contribution in [-0.4, -0.2) is 45.6 Å². The highest BCUT2D eigenvalue weighted by atomic mass is 32.2. The number of nitrogens with one attached hydrogen (secondary N) is 2. The van der Waals surface area contributed by atoms with Crippen molar-refractivity contribution in [2.24, 2.45) is 4.99 Å². The SMILES string of the molecule is CN=C(NCCCn1c(C)nc2ccccc21)NCCS(=O)Cc1ccccc1. The molecule has 1 aromatic heterocycles. The van der Waals surface area contributed by atoms with Crippen molar-refractivity contribution in [1.82, 2.24) is 20.2 Å². The van der Waals surface area contributed by atoms with Gasteiger partial charge in [0.05, 0.1) is 11.0 Å². The van der Waals surface area contributed by atoms with E-state index in [1.165, 1.54) is 5.52 Å². The number of fused-ring (bicyclic) bond motifs is 1. The van der Waals surface area contributed by atoms with Gasteiger partial charge >= 0.3 is 0 Å². The van der Waals surface area contributed by atoms with Gasteiger partial charge in [0.15, 0.2) is 5.96 Å². The smallest absolute Gasteiger partial charge is 0.191 e. The summed E-state index contributed by atoms with van der Waals surface area (Å²) in [5.41, 5.74) is 3.32. The number of guanidine groups is 1. The first-order valence-corrected chi connectivity index (χ1v) is 11.4. The Morgan fingerprint density at radius 1 is 1.07 bits per heavy atom. The summed E-state index contributed by atoms with van der Waals surface area (Å²) in [5.74, 6) is 2.96. The highest BCUT2D eigenvalue weighted by Crippen LogP contribution is 2.15. The second kappa shape index (κ2) is 10.8. The lowest BCUT2D eigenvalue weighted by Crippen LogP contribution is -2.39. The van der Waals surface area contributed by atoms with E-state index >= 15 is 0 Å². The van der Waals surface area contributed by atoms with E-state index in [-0.39, 0.29) is 0 Å². The van der Waals surface area contributed by atoms with Gasteiger partial charge in [-0.1, -0.05) is 42.5 Å². The lowest BCUT2D eigenvalue weighted by atomic mass is 10.2. The fourth-order valence-electron chi connectivity index (χ4n) is 3.26. The molecular formula is C22H29N5OS. The van der Waals surface area contributed by atoms with Gasteiger partial charge in [-0.3, -0.25) is 9.20 Å². The van der Waals surface area contributed by atoms with Crippen LogP contribution >= 0.6 is 0 Å². The molecule has 2 aromatic carbocycles. The molecule has 1 heterocycles. The lowest BCUT2D eigenvalue weighted by molar-refractivity contribution is 0.625. The zero-order valence-electron chi connectivity index (χ0n) is 17.1. The molecular weight excluding hydrogens is 382 g/mol. The number of para-hydroxylation sites is 2. The summed E-state index contributed by atoms with van der Waals surface area (Å²) in [6.07, 6.45) is 0.960. The van der Waals surface area contributed by atoms with Crippen molar-refractivity contribution in [3.63, 3.8) is 0 Å². The number of aliphatic imine (C=N–C) groups is 1. The van der Waals surface area contributed by atoms with Gasteiger partial charge < -0.3 is 15.2 Å². The van der Waals surface area contributed by atoms with Gasteiger partial charge in [-0.25, -0.2) is 4.98 Å². The molecule has 0 saturated heterocycles. The number of rotatable bonds is 9. The van der Waals surface area contributed by atoms with Crippen LogP contribution in [0.3, 0.4) is 0 Å². The number of aromatic nitrogens is 2. The highest BCUT2D eigenvalue weighted by molar-refractivity contribution is 7.84. The summed E-state index contributed by atoms with van der Waals surface area (Å²) in [6.45, 7) is 4.38. The first kappa shape index (κ1) is 21.0. The van der Waals surface area contributed by atoms with E-state index in [1.54, 1.807) is 7.05 Å². The van der Waals surface area contributed by atoms with Crippen molar-refractivity contribution in [3.8, 4) is 0 Å². The van der Waals surface area contributed by atoms with E-state index in [4.69, 9.17) is 0 Å². The normalized spacial score (nSPS) is 12.8. The monoisotopic (exact) mass is 411 g/mol. The van der Waals surface area contributed by atoms with Crippen molar-refractivity contribution < 1.29 is 4.21 Å². The van der Waals surface area contributed by atoms with Crippen LogP contribution in [0.2, 0.25) is 0 Å². The molecule has 2 N–H and O–H groups in total. The molecule has 3 aromatic rings. The molecule has 6 nitrogen and oxygen atoms in total. The zero-order valence-corrected chi connectivity index (χ0v) is 17.9.